The summed E-state index contributed by atoms with van der Waals surface area (Å²) >= 11 is 0. The Labute approximate surface area is 411 Å². The van der Waals surface area contributed by atoms with Crippen LogP contribution in [-0.2, 0) is 30.3 Å². The summed E-state index contributed by atoms with van der Waals surface area (Å²) in [5.74, 6) is -1.91. The third-order valence-corrected chi connectivity index (χ3v) is 13.8. The number of amides is 5. The molecule has 4 aliphatic heterocycles. The number of piperidine rings is 2. The summed E-state index contributed by atoms with van der Waals surface area (Å²) in [6.45, 7) is 7.53. The molecule has 5 amide bonds. The zero-order valence-electron chi connectivity index (χ0n) is 40.0. The monoisotopic (exact) mass is 973 g/mol. The summed E-state index contributed by atoms with van der Waals surface area (Å²) in [6.07, 6.45) is 3.05. The van der Waals surface area contributed by atoms with E-state index in [0.29, 0.717) is 85.6 Å². The van der Waals surface area contributed by atoms with Crippen LogP contribution in [0, 0.1) is 11.6 Å². The molecule has 0 spiro atoms. The molecule has 71 heavy (non-hydrogen) atoms. The predicted octanol–water partition coefficient (Wildman–Crippen LogP) is 5.20. The number of halogens is 2. The third kappa shape index (κ3) is 12.4. The van der Waals surface area contributed by atoms with Gasteiger partial charge >= 0.3 is 0 Å². The number of H-pyrrole nitrogens is 1. The van der Waals surface area contributed by atoms with E-state index >= 15 is 0 Å². The maximum absolute atomic E-state index is 14.2. The minimum Gasteiger partial charge on any atom is -0.380 e. The number of carbonyl (C=O) groups is 5. The topological polar surface area (TPSA) is 188 Å². The number of ether oxygens (including phenoxy) is 1. The molecule has 0 aliphatic carbocycles. The zero-order valence-corrected chi connectivity index (χ0v) is 40.0. The Hall–Kier alpha value is -7.12. The lowest BCUT2D eigenvalue weighted by Gasteiger charge is -2.36. The highest BCUT2D eigenvalue weighted by Gasteiger charge is 2.29. The first-order chi connectivity index (χ1) is 34.4. The van der Waals surface area contributed by atoms with E-state index in [1.807, 2.05) is 70.5 Å². The number of nitrogens with one attached hydrogen (secondary N) is 5. The number of likely N-dealkylation sites (tertiary alicyclic amines) is 1. The number of benzene rings is 4. The number of nitrogens with zero attached hydrogens (tertiary/aromatic N) is 6. The third-order valence-electron chi connectivity index (χ3n) is 13.8. The number of carbonyl (C=O) groups excluding carboxylic acids is 5. The SMILES string of the molecule is CN1CCN(c2ccc(C(=O)Nc3n[nH]c4ccc(Cc5cc(F)cc(F)c5)cc34)c(NC3CCCN(C(=O)CCOCCC(=O)N4CCN(c5ccc(NC6CCC(=O)NC6=O)cc5)CC4)C3)c2)CC1. The highest BCUT2D eigenvalue weighted by Crippen LogP contribution is 2.30. The normalized spacial score (nSPS) is 18.9. The highest BCUT2D eigenvalue weighted by molar-refractivity contribution is 6.11. The van der Waals surface area contributed by atoms with Gasteiger partial charge in [0, 0.05) is 112 Å². The van der Waals surface area contributed by atoms with E-state index in [0.717, 1.165) is 67.7 Å². The van der Waals surface area contributed by atoms with Crippen molar-refractivity contribution >= 4 is 69.0 Å². The van der Waals surface area contributed by atoms with Crippen LogP contribution in [0.5, 0.6) is 0 Å². The first-order valence-corrected chi connectivity index (χ1v) is 24.6. The molecule has 1 aromatic heterocycles. The zero-order chi connectivity index (χ0) is 49.4. The van der Waals surface area contributed by atoms with E-state index in [2.05, 4.69) is 53.2 Å². The highest BCUT2D eigenvalue weighted by atomic mass is 19.1. The summed E-state index contributed by atoms with van der Waals surface area (Å²) < 4.78 is 33.7. The van der Waals surface area contributed by atoms with Crippen molar-refractivity contribution in [2.24, 2.45) is 0 Å². The van der Waals surface area contributed by atoms with Crippen molar-refractivity contribution < 1.29 is 37.5 Å². The van der Waals surface area contributed by atoms with Gasteiger partial charge in [-0.15, -0.1) is 0 Å². The smallest absolute Gasteiger partial charge is 0.258 e. The Morgan fingerprint density at radius 1 is 0.732 bits per heavy atom. The molecule has 4 saturated heterocycles. The van der Waals surface area contributed by atoms with Gasteiger partial charge < -0.3 is 45.2 Å². The number of hydrogen-bond acceptors (Lipinski definition) is 12. The maximum atomic E-state index is 14.2. The Morgan fingerprint density at radius 2 is 1.42 bits per heavy atom. The maximum Gasteiger partial charge on any atom is 0.258 e. The van der Waals surface area contributed by atoms with Gasteiger partial charge in [-0.1, -0.05) is 6.07 Å². The Kier molecular flexibility index (Phi) is 15.4. The van der Waals surface area contributed by atoms with E-state index in [1.165, 1.54) is 12.1 Å². The molecule has 4 fully saturated rings. The lowest BCUT2D eigenvalue weighted by atomic mass is 10.0. The second-order valence-corrected chi connectivity index (χ2v) is 18.9. The number of rotatable bonds is 16. The number of anilines is 5. The lowest BCUT2D eigenvalue weighted by Crippen LogP contribution is -2.49. The van der Waals surface area contributed by atoms with Crippen molar-refractivity contribution in [1.29, 1.82) is 0 Å². The average Bonchev–Trinajstić information content (AvgIpc) is 3.76. The molecule has 19 heteroatoms. The fraction of sp³-hybridized carbons (Fsp3) is 0.423. The average molecular weight is 974 g/mol. The number of aromatic amines is 1. The van der Waals surface area contributed by atoms with Crippen molar-refractivity contribution in [3.63, 3.8) is 0 Å². The number of likely N-dealkylation sites (N-methyl/N-ethyl adjacent to an activating group) is 1. The van der Waals surface area contributed by atoms with Crippen LogP contribution in [0.1, 0.15) is 60.0 Å². The summed E-state index contributed by atoms with van der Waals surface area (Å²) in [6, 6.07) is 22.0. The van der Waals surface area contributed by atoms with Crippen LogP contribution in [0.15, 0.2) is 78.9 Å². The second-order valence-electron chi connectivity index (χ2n) is 18.9. The Bertz CT molecular complexity index is 2720. The van der Waals surface area contributed by atoms with Crippen molar-refractivity contribution in [2.75, 3.05) is 111 Å². The van der Waals surface area contributed by atoms with Crippen LogP contribution >= 0.6 is 0 Å². The first-order valence-electron chi connectivity index (χ1n) is 24.6. The van der Waals surface area contributed by atoms with Gasteiger partial charge in [0.15, 0.2) is 5.82 Å². The van der Waals surface area contributed by atoms with Crippen molar-refractivity contribution in [2.45, 2.75) is 57.0 Å². The van der Waals surface area contributed by atoms with Crippen molar-refractivity contribution in [3.05, 3.63) is 107 Å². The fourth-order valence-corrected chi connectivity index (χ4v) is 9.79. The van der Waals surface area contributed by atoms with Crippen LogP contribution in [0.3, 0.4) is 0 Å². The van der Waals surface area contributed by atoms with Crippen LogP contribution < -0.4 is 31.1 Å². The molecule has 17 nitrogen and oxygen atoms in total. The van der Waals surface area contributed by atoms with Gasteiger partial charge in [0.1, 0.15) is 17.7 Å². The molecule has 5 aromatic rings. The quantitative estimate of drug-likeness (QED) is 0.0644. The second kappa shape index (κ2) is 22.3. The van der Waals surface area contributed by atoms with Gasteiger partial charge in [0.25, 0.3) is 5.91 Å². The Balaban J connectivity index is 0.750. The van der Waals surface area contributed by atoms with Crippen molar-refractivity contribution in [3.8, 4) is 0 Å². The molecular weight excluding hydrogens is 913 g/mol. The van der Waals surface area contributed by atoms with E-state index in [4.69, 9.17) is 4.74 Å². The van der Waals surface area contributed by atoms with Gasteiger partial charge in [-0.3, -0.25) is 34.4 Å². The number of fused-ring (bicyclic) bond motifs is 1. The molecule has 5 heterocycles. The molecule has 4 aromatic carbocycles. The van der Waals surface area contributed by atoms with E-state index in [1.54, 1.807) is 0 Å². The fourth-order valence-electron chi connectivity index (χ4n) is 9.79. The van der Waals surface area contributed by atoms with E-state index < -0.39 is 17.7 Å². The minimum absolute atomic E-state index is 0.0118. The molecule has 374 valence electrons. The lowest BCUT2D eigenvalue weighted by molar-refractivity contribution is -0.135. The Morgan fingerprint density at radius 3 is 2.15 bits per heavy atom. The van der Waals surface area contributed by atoms with Crippen LogP contribution in [0.25, 0.3) is 10.9 Å². The minimum atomic E-state index is -0.644. The van der Waals surface area contributed by atoms with Gasteiger partial charge in [0.2, 0.25) is 23.6 Å². The van der Waals surface area contributed by atoms with Gasteiger partial charge in [-0.2, -0.15) is 5.10 Å². The number of piperazine rings is 2. The van der Waals surface area contributed by atoms with Crippen LogP contribution in [0.2, 0.25) is 0 Å². The van der Waals surface area contributed by atoms with Crippen LogP contribution in [0.4, 0.5) is 37.3 Å². The van der Waals surface area contributed by atoms with Gasteiger partial charge in [-0.05, 0) is 111 Å². The van der Waals surface area contributed by atoms with Gasteiger partial charge in [0.05, 0.1) is 37.1 Å². The number of imide groups is 1. The summed E-state index contributed by atoms with van der Waals surface area (Å²) in [5, 5.41) is 20.2. The standard InChI is InChI=1S/C52H61F2N11O6/c1-61-17-19-63(20-18-61)41-9-10-42(51(69)58-50-43-30-34(4-11-44(43)59-60-50)27-35-28-36(53)31-37(54)29-35)46(32-41)56-39-3-2-16-65(33-39)49(68)15-26-71-25-14-48(67)64-23-21-62(22-24-64)40-7-5-38(6-8-40)55-45-12-13-47(66)57-52(45)70/h4-11,28-32,39,45,55-56H,2-3,12-27,33H2,1H3,(H,57,66,70)(H2,58,59,60,69). The molecule has 2 unspecified atom stereocenters. The molecule has 5 N–H and O–H groups in total. The molecule has 0 saturated carbocycles. The van der Waals surface area contributed by atoms with E-state index in [-0.39, 0.29) is 68.1 Å². The van der Waals surface area contributed by atoms with E-state index in [9.17, 15) is 32.8 Å². The largest absolute Gasteiger partial charge is 0.380 e. The first kappa shape index (κ1) is 48.9. The summed E-state index contributed by atoms with van der Waals surface area (Å²) in [7, 11) is 2.10. The van der Waals surface area contributed by atoms with Gasteiger partial charge in [-0.25, -0.2) is 8.78 Å². The molecule has 0 radical (unpaired) electrons. The molecule has 0 bridgehead atoms. The van der Waals surface area contributed by atoms with Crippen molar-refractivity contribution in [1.82, 2.24) is 30.2 Å². The number of aromatic nitrogens is 2. The number of hydrogen-bond donors (Lipinski definition) is 5. The molecule has 2 atom stereocenters. The van der Waals surface area contributed by atoms with Crippen LogP contribution in [-0.4, -0.2) is 152 Å². The predicted molar refractivity (Wildman–Crippen MR) is 268 cm³/mol. The molecule has 9 rings (SSSR count). The summed E-state index contributed by atoms with van der Waals surface area (Å²) in [5.41, 5.74) is 5.86. The summed E-state index contributed by atoms with van der Waals surface area (Å²) in [4.78, 5) is 74.9. The molecular formula is C52H61F2N11O6. The molecule has 4 aliphatic rings.